The molecule has 162 valence electrons. The third-order valence-corrected chi connectivity index (χ3v) is 6.21. The summed E-state index contributed by atoms with van der Waals surface area (Å²) < 4.78 is 33.1. The third kappa shape index (κ3) is 4.48. The number of ether oxygens (including phenoxy) is 1. The van der Waals surface area contributed by atoms with Crippen LogP contribution in [0.2, 0.25) is 0 Å². The summed E-state index contributed by atoms with van der Waals surface area (Å²) >= 11 is 0. The molecule has 2 aromatic carbocycles. The Bertz CT molecular complexity index is 885. The molecular formula is C24H29F2NO3. The van der Waals surface area contributed by atoms with Gasteiger partial charge in [0.1, 0.15) is 17.2 Å². The Kier molecular flexibility index (Phi) is 6.76. The number of aliphatic hydroxyl groups is 1. The molecule has 1 saturated heterocycles. The Morgan fingerprint density at radius 2 is 1.83 bits per heavy atom. The molecule has 1 heterocycles. The van der Waals surface area contributed by atoms with Crippen LogP contribution >= 0.6 is 0 Å². The van der Waals surface area contributed by atoms with Crippen molar-refractivity contribution in [1.82, 2.24) is 4.90 Å². The van der Waals surface area contributed by atoms with E-state index in [0.717, 1.165) is 11.6 Å². The molecule has 0 radical (unpaired) electrons. The van der Waals surface area contributed by atoms with Gasteiger partial charge >= 0.3 is 6.09 Å². The Morgan fingerprint density at radius 1 is 1.13 bits per heavy atom. The topological polar surface area (TPSA) is 49.8 Å². The molecule has 0 saturated carbocycles. The van der Waals surface area contributed by atoms with Crippen molar-refractivity contribution >= 4 is 6.09 Å². The fourth-order valence-electron chi connectivity index (χ4n) is 4.13. The number of carbonyl (C=O) groups is 1. The Morgan fingerprint density at radius 3 is 2.40 bits per heavy atom. The van der Waals surface area contributed by atoms with Crippen LogP contribution in [0.3, 0.4) is 0 Å². The maximum absolute atomic E-state index is 14.0. The number of aliphatic hydroxyl groups excluding tert-OH is 1. The van der Waals surface area contributed by atoms with Crippen LogP contribution in [-0.4, -0.2) is 34.9 Å². The minimum atomic E-state index is -0.610. The number of benzene rings is 2. The van der Waals surface area contributed by atoms with Crippen molar-refractivity contribution in [2.24, 2.45) is 5.92 Å². The van der Waals surface area contributed by atoms with E-state index in [4.69, 9.17) is 4.74 Å². The Labute approximate surface area is 176 Å². The van der Waals surface area contributed by atoms with Crippen molar-refractivity contribution in [3.05, 3.63) is 59.7 Å². The second kappa shape index (κ2) is 9.13. The van der Waals surface area contributed by atoms with Crippen LogP contribution < -0.4 is 0 Å². The van der Waals surface area contributed by atoms with Gasteiger partial charge in [-0.05, 0) is 48.9 Å². The number of nitrogens with zero attached hydrogens (tertiary/aromatic N) is 1. The molecule has 3 rings (SSSR count). The molecule has 0 bridgehead atoms. The van der Waals surface area contributed by atoms with Gasteiger partial charge < -0.3 is 14.7 Å². The van der Waals surface area contributed by atoms with Gasteiger partial charge in [0.15, 0.2) is 0 Å². The minimum Gasteiger partial charge on any atom is -0.442 e. The van der Waals surface area contributed by atoms with E-state index in [9.17, 15) is 18.7 Å². The molecule has 0 aliphatic carbocycles. The van der Waals surface area contributed by atoms with Gasteiger partial charge in [0.2, 0.25) is 0 Å². The predicted octanol–water partition coefficient (Wildman–Crippen LogP) is 5.70. The summed E-state index contributed by atoms with van der Waals surface area (Å²) in [7, 11) is 0. The molecule has 6 heteroatoms. The van der Waals surface area contributed by atoms with Crippen molar-refractivity contribution in [2.75, 3.05) is 13.2 Å². The smallest absolute Gasteiger partial charge is 0.410 e. The molecule has 1 amide bonds. The van der Waals surface area contributed by atoms with Crippen molar-refractivity contribution in [3.63, 3.8) is 0 Å². The van der Waals surface area contributed by atoms with Crippen LogP contribution in [0.25, 0.3) is 11.1 Å². The van der Waals surface area contributed by atoms with E-state index in [1.165, 1.54) is 12.1 Å². The summed E-state index contributed by atoms with van der Waals surface area (Å²) in [6.07, 6.45) is 1.60. The lowest BCUT2D eigenvalue weighted by molar-refractivity contribution is -0.0894. The molecule has 1 aliphatic heterocycles. The highest BCUT2D eigenvalue weighted by Crippen LogP contribution is 2.38. The molecule has 30 heavy (non-hydrogen) atoms. The highest BCUT2D eigenvalue weighted by molar-refractivity contribution is 5.70. The van der Waals surface area contributed by atoms with E-state index >= 15 is 0 Å². The average molecular weight is 417 g/mol. The Hall–Kier alpha value is -2.47. The zero-order valence-electron chi connectivity index (χ0n) is 17.7. The number of hydrogen-bond donors (Lipinski definition) is 1. The lowest BCUT2D eigenvalue weighted by atomic mass is 9.81. The highest BCUT2D eigenvalue weighted by Gasteiger charge is 2.43. The number of rotatable bonds is 7. The van der Waals surface area contributed by atoms with Crippen molar-refractivity contribution in [2.45, 2.75) is 51.7 Å². The van der Waals surface area contributed by atoms with E-state index in [2.05, 4.69) is 0 Å². The standard InChI is InChI=1S/C24H29F2NO3/c1-16(2)24(11-4-14-28)12-13-27(23(29)30-24)17(3)18-5-7-19(8-6-18)21-10-9-20(25)15-22(21)26/h5-10,15-17,28H,4,11-14H2,1-3H3. The molecule has 4 nitrogen and oxygen atoms in total. The van der Waals surface area contributed by atoms with E-state index in [1.807, 2.05) is 32.9 Å². The number of cyclic esters (lactones) is 1. The summed E-state index contributed by atoms with van der Waals surface area (Å²) in [6, 6.07) is 10.6. The van der Waals surface area contributed by atoms with Crippen LogP contribution in [0.4, 0.5) is 13.6 Å². The molecule has 2 unspecified atom stereocenters. The fourth-order valence-corrected chi connectivity index (χ4v) is 4.13. The van der Waals surface area contributed by atoms with E-state index in [0.29, 0.717) is 36.9 Å². The first-order chi connectivity index (χ1) is 14.3. The summed E-state index contributed by atoms with van der Waals surface area (Å²) in [5.41, 5.74) is 1.34. The SMILES string of the molecule is CC(c1ccc(-c2ccc(F)cc2F)cc1)N1CCC(CCCO)(C(C)C)OC1=O. The Balaban J connectivity index is 1.74. The first kappa shape index (κ1) is 22.2. The van der Waals surface area contributed by atoms with Gasteiger partial charge in [0.05, 0.1) is 6.04 Å². The third-order valence-electron chi connectivity index (χ3n) is 6.21. The normalized spacial score (nSPS) is 20.4. The number of carbonyl (C=O) groups excluding carboxylic acids is 1. The summed E-state index contributed by atoms with van der Waals surface area (Å²) in [6.45, 7) is 6.66. The van der Waals surface area contributed by atoms with Crippen molar-refractivity contribution < 1.29 is 23.4 Å². The van der Waals surface area contributed by atoms with Crippen LogP contribution in [-0.2, 0) is 4.74 Å². The molecule has 0 spiro atoms. The van der Waals surface area contributed by atoms with Gasteiger partial charge in [0, 0.05) is 31.2 Å². The monoisotopic (exact) mass is 417 g/mol. The summed E-state index contributed by atoms with van der Waals surface area (Å²) in [4.78, 5) is 14.5. The van der Waals surface area contributed by atoms with Gasteiger partial charge in [-0.15, -0.1) is 0 Å². The average Bonchev–Trinajstić information content (AvgIpc) is 2.72. The van der Waals surface area contributed by atoms with Crippen LogP contribution in [0.15, 0.2) is 42.5 Å². The van der Waals surface area contributed by atoms with Crippen molar-refractivity contribution in [1.29, 1.82) is 0 Å². The molecule has 1 fully saturated rings. The second-order valence-corrected chi connectivity index (χ2v) is 8.28. The summed E-state index contributed by atoms with van der Waals surface area (Å²) in [5.74, 6) is -1.06. The molecule has 0 aromatic heterocycles. The zero-order valence-corrected chi connectivity index (χ0v) is 17.7. The highest BCUT2D eigenvalue weighted by atomic mass is 19.1. The quantitative estimate of drug-likeness (QED) is 0.628. The lowest BCUT2D eigenvalue weighted by Crippen LogP contribution is -2.52. The van der Waals surface area contributed by atoms with Gasteiger partial charge in [-0.2, -0.15) is 0 Å². The fraction of sp³-hybridized carbons (Fsp3) is 0.458. The second-order valence-electron chi connectivity index (χ2n) is 8.28. The molecule has 1 N–H and O–H groups in total. The molecular weight excluding hydrogens is 388 g/mol. The lowest BCUT2D eigenvalue weighted by Gasteiger charge is -2.45. The van der Waals surface area contributed by atoms with E-state index in [-0.39, 0.29) is 24.7 Å². The van der Waals surface area contributed by atoms with Crippen LogP contribution in [0, 0.1) is 17.6 Å². The number of hydrogen-bond acceptors (Lipinski definition) is 3. The van der Waals surface area contributed by atoms with Crippen molar-refractivity contribution in [3.8, 4) is 11.1 Å². The number of halogens is 2. The molecule has 2 aromatic rings. The van der Waals surface area contributed by atoms with Crippen LogP contribution in [0.5, 0.6) is 0 Å². The molecule has 2 atom stereocenters. The van der Waals surface area contributed by atoms with Gasteiger partial charge in [-0.1, -0.05) is 38.1 Å². The first-order valence-electron chi connectivity index (χ1n) is 10.4. The zero-order chi connectivity index (χ0) is 21.9. The maximum Gasteiger partial charge on any atom is 0.410 e. The summed E-state index contributed by atoms with van der Waals surface area (Å²) in [5, 5.41) is 9.19. The first-order valence-corrected chi connectivity index (χ1v) is 10.4. The van der Waals surface area contributed by atoms with Gasteiger partial charge in [-0.25, -0.2) is 13.6 Å². The van der Waals surface area contributed by atoms with Crippen LogP contribution in [0.1, 0.15) is 51.6 Å². The minimum absolute atomic E-state index is 0.0765. The molecule has 1 aliphatic rings. The number of amides is 1. The van der Waals surface area contributed by atoms with Gasteiger partial charge in [-0.3, -0.25) is 0 Å². The predicted molar refractivity (Wildman–Crippen MR) is 112 cm³/mol. The van der Waals surface area contributed by atoms with Gasteiger partial charge in [0.25, 0.3) is 0 Å². The van der Waals surface area contributed by atoms with E-state index in [1.54, 1.807) is 17.0 Å². The van der Waals surface area contributed by atoms with E-state index < -0.39 is 17.2 Å². The maximum atomic E-state index is 14.0. The largest absolute Gasteiger partial charge is 0.442 e.